The summed E-state index contributed by atoms with van der Waals surface area (Å²) in [7, 11) is 3.04. The molecule has 2 aliphatic heterocycles. The first-order valence-electron chi connectivity index (χ1n) is 9.91. The molecule has 28 heavy (non-hydrogen) atoms. The SMILES string of the molecule is C=C[C@H]1CN2CCc3c([nH]c4ccccc34)[C@@H]2C[C@@H]1C(/C=C/OC)C(=O)OC. The smallest absolute Gasteiger partial charge is 0.312 e. The van der Waals surface area contributed by atoms with Crippen LogP contribution in [0.2, 0.25) is 0 Å². The quantitative estimate of drug-likeness (QED) is 0.486. The highest BCUT2D eigenvalue weighted by Crippen LogP contribution is 2.45. The number of nitrogens with one attached hydrogen (secondary N) is 1. The highest BCUT2D eigenvalue weighted by atomic mass is 16.5. The number of aromatic amines is 1. The fourth-order valence-electron chi connectivity index (χ4n) is 5.05. The first-order valence-corrected chi connectivity index (χ1v) is 9.91. The summed E-state index contributed by atoms with van der Waals surface area (Å²) in [4.78, 5) is 18.7. The molecule has 3 heterocycles. The van der Waals surface area contributed by atoms with Crippen LogP contribution in [-0.4, -0.2) is 43.2 Å². The van der Waals surface area contributed by atoms with Gasteiger partial charge in [-0.1, -0.05) is 24.3 Å². The largest absolute Gasteiger partial charge is 0.505 e. The molecular weight excluding hydrogens is 352 g/mol. The number of rotatable bonds is 5. The van der Waals surface area contributed by atoms with Crippen molar-refractivity contribution in [3.05, 3.63) is 60.5 Å². The predicted octanol–water partition coefficient (Wildman–Crippen LogP) is 3.84. The lowest BCUT2D eigenvalue weighted by atomic mass is 9.72. The average Bonchev–Trinajstić information content (AvgIpc) is 3.12. The second-order valence-corrected chi connectivity index (χ2v) is 7.74. The van der Waals surface area contributed by atoms with Crippen LogP contribution in [0.1, 0.15) is 23.7 Å². The van der Waals surface area contributed by atoms with Gasteiger partial charge in [-0.15, -0.1) is 6.58 Å². The molecule has 0 saturated carbocycles. The van der Waals surface area contributed by atoms with Gasteiger partial charge in [0.1, 0.15) is 0 Å². The monoisotopic (exact) mass is 380 g/mol. The molecule has 1 fully saturated rings. The fourth-order valence-corrected chi connectivity index (χ4v) is 5.05. The number of fused-ring (bicyclic) bond motifs is 5. The van der Waals surface area contributed by atoms with Crippen molar-refractivity contribution in [1.29, 1.82) is 0 Å². The number of methoxy groups -OCH3 is 2. The summed E-state index contributed by atoms with van der Waals surface area (Å²) >= 11 is 0. The van der Waals surface area contributed by atoms with Crippen molar-refractivity contribution in [3.8, 4) is 0 Å². The van der Waals surface area contributed by atoms with Crippen LogP contribution in [0.15, 0.2) is 49.3 Å². The van der Waals surface area contributed by atoms with Gasteiger partial charge in [-0.3, -0.25) is 9.69 Å². The number of para-hydroxylation sites is 1. The van der Waals surface area contributed by atoms with Crippen LogP contribution in [0.3, 0.4) is 0 Å². The van der Waals surface area contributed by atoms with Crippen molar-refractivity contribution in [1.82, 2.24) is 9.88 Å². The maximum Gasteiger partial charge on any atom is 0.312 e. The molecule has 1 unspecified atom stereocenters. The van der Waals surface area contributed by atoms with Gasteiger partial charge in [0.05, 0.1) is 32.4 Å². The minimum atomic E-state index is -0.343. The van der Waals surface area contributed by atoms with Crippen molar-refractivity contribution in [2.75, 3.05) is 27.3 Å². The molecule has 148 valence electrons. The molecular formula is C23H28N2O3. The van der Waals surface area contributed by atoms with E-state index in [1.165, 1.54) is 29.3 Å². The van der Waals surface area contributed by atoms with Crippen molar-refractivity contribution >= 4 is 16.9 Å². The third-order valence-electron chi connectivity index (χ3n) is 6.42. The van der Waals surface area contributed by atoms with Crippen molar-refractivity contribution in [2.24, 2.45) is 17.8 Å². The van der Waals surface area contributed by atoms with Gasteiger partial charge in [0.25, 0.3) is 0 Å². The van der Waals surface area contributed by atoms with E-state index in [2.05, 4.69) is 40.7 Å². The number of carbonyl (C=O) groups excluding carboxylic acids is 1. The molecule has 0 amide bonds. The lowest BCUT2D eigenvalue weighted by Crippen LogP contribution is -2.48. The Bertz CT molecular complexity index is 900. The zero-order valence-electron chi connectivity index (χ0n) is 16.6. The van der Waals surface area contributed by atoms with Crippen molar-refractivity contribution in [2.45, 2.75) is 18.9 Å². The molecule has 0 bridgehead atoms. The van der Waals surface area contributed by atoms with Gasteiger partial charge in [0.15, 0.2) is 0 Å². The first kappa shape index (κ1) is 18.8. The van der Waals surface area contributed by atoms with Gasteiger partial charge in [0.2, 0.25) is 0 Å². The minimum absolute atomic E-state index is 0.120. The molecule has 2 aliphatic rings. The van der Waals surface area contributed by atoms with Crippen LogP contribution < -0.4 is 0 Å². The fraction of sp³-hybridized carbons (Fsp3) is 0.435. The first-order chi connectivity index (χ1) is 13.7. The summed E-state index contributed by atoms with van der Waals surface area (Å²) < 4.78 is 10.2. The molecule has 1 aromatic heterocycles. The minimum Gasteiger partial charge on any atom is -0.505 e. The van der Waals surface area contributed by atoms with E-state index in [0.717, 1.165) is 25.9 Å². The number of benzene rings is 1. The van der Waals surface area contributed by atoms with Gasteiger partial charge in [0, 0.05) is 29.7 Å². The van der Waals surface area contributed by atoms with Crippen LogP contribution in [0.4, 0.5) is 0 Å². The van der Waals surface area contributed by atoms with E-state index in [0.29, 0.717) is 0 Å². The van der Waals surface area contributed by atoms with Gasteiger partial charge < -0.3 is 14.5 Å². The third kappa shape index (κ3) is 3.14. The highest BCUT2D eigenvalue weighted by Gasteiger charge is 2.43. The summed E-state index contributed by atoms with van der Waals surface area (Å²) in [6.45, 7) is 6.00. The van der Waals surface area contributed by atoms with Crippen LogP contribution in [-0.2, 0) is 20.7 Å². The van der Waals surface area contributed by atoms with Crippen LogP contribution in [0, 0.1) is 17.8 Å². The molecule has 0 radical (unpaired) electrons. The summed E-state index contributed by atoms with van der Waals surface area (Å²) in [6, 6.07) is 8.79. The van der Waals surface area contributed by atoms with Crippen LogP contribution >= 0.6 is 0 Å². The Balaban J connectivity index is 1.71. The topological polar surface area (TPSA) is 54.6 Å². The van der Waals surface area contributed by atoms with Crippen molar-refractivity contribution < 1.29 is 14.3 Å². The molecule has 2 aromatic rings. The zero-order valence-corrected chi connectivity index (χ0v) is 16.6. The molecule has 4 atom stereocenters. The van der Waals surface area contributed by atoms with Crippen LogP contribution in [0.5, 0.6) is 0 Å². The number of H-pyrrole nitrogens is 1. The van der Waals surface area contributed by atoms with Gasteiger partial charge >= 0.3 is 5.97 Å². The van der Waals surface area contributed by atoms with E-state index >= 15 is 0 Å². The molecule has 5 nitrogen and oxygen atoms in total. The van der Waals surface area contributed by atoms with Gasteiger partial charge in [-0.05, 0) is 42.4 Å². The second-order valence-electron chi connectivity index (χ2n) is 7.74. The number of carbonyl (C=O) groups is 1. The lowest BCUT2D eigenvalue weighted by molar-refractivity contribution is -0.147. The van der Waals surface area contributed by atoms with E-state index in [4.69, 9.17) is 9.47 Å². The normalized spacial score (nSPS) is 25.9. The Morgan fingerprint density at radius 2 is 2.18 bits per heavy atom. The molecule has 1 saturated heterocycles. The molecule has 0 spiro atoms. The third-order valence-corrected chi connectivity index (χ3v) is 6.42. The molecule has 0 aliphatic carbocycles. The molecule has 1 N–H and O–H groups in total. The predicted molar refractivity (Wildman–Crippen MR) is 110 cm³/mol. The average molecular weight is 380 g/mol. The zero-order chi connectivity index (χ0) is 19.7. The van der Waals surface area contributed by atoms with E-state index < -0.39 is 0 Å². The van der Waals surface area contributed by atoms with E-state index in [-0.39, 0.29) is 29.8 Å². The standard InChI is InChI=1S/C23H28N2O3/c1-4-15-14-25-11-9-17-16-7-5-6-8-20(16)24-22(17)21(25)13-19(15)18(10-12-27-2)23(26)28-3/h4-8,10,12,15,18-19,21,24H,1,9,11,13-14H2,2-3H3/b12-10+/t15-,18?,19-,21-/m0/s1. The van der Waals surface area contributed by atoms with Gasteiger partial charge in [-0.2, -0.15) is 0 Å². The van der Waals surface area contributed by atoms with E-state index in [9.17, 15) is 4.79 Å². The molecule has 4 rings (SSSR count). The van der Waals surface area contributed by atoms with Crippen LogP contribution in [0.25, 0.3) is 10.9 Å². The maximum atomic E-state index is 12.5. The number of nitrogens with zero attached hydrogens (tertiary/aromatic N) is 1. The number of piperidine rings is 1. The van der Waals surface area contributed by atoms with E-state index in [1.807, 2.05) is 12.2 Å². The summed E-state index contributed by atoms with van der Waals surface area (Å²) in [5.74, 6) is -0.209. The number of ether oxygens (including phenoxy) is 2. The number of esters is 1. The Hall–Kier alpha value is -2.53. The summed E-state index contributed by atoms with van der Waals surface area (Å²) in [5, 5.41) is 1.32. The second kappa shape index (κ2) is 7.84. The Morgan fingerprint density at radius 1 is 1.36 bits per heavy atom. The van der Waals surface area contributed by atoms with E-state index in [1.54, 1.807) is 13.4 Å². The van der Waals surface area contributed by atoms with Crippen molar-refractivity contribution in [3.63, 3.8) is 0 Å². The van der Waals surface area contributed by atoms with Gasteiger partial charge in [-0.25, -0.2) is 0 Å². The molecule has 1 aromatic carbocycles. The maximum absolute atomic E-state index is 12.5. The Kier molecular flexibility index (Phi) is 5.27. The summed E-state index contributed by atoms with van der Waals surface area (Å²) in [5.41, 5.74) is 3.93. The Morgan fingerprint density at radius 3 is 2.93 bits per heavy atom. The Labute approximate surface area is 166 Å². The summed E-state index contributed by atoms with van der Waals surface area (Å²) in [6.07, 6.45) is 7.35. The highest BCUT2D eigenvalue weighted by molar-refractivity contribution is 5.85. The molecule has 5 heteroatoms. The number of aromatic nitrogens is 1. The number of hydrogen-bond acceptors (Lipinski definition) is 4. The number of hydrogen-bond donors (Lipinski definition) is 1. The lowest BCUT2D eigenvalue weighted by Gasteiger charge is -2.46.